The van der Waals surface area contributed by atoms with E-state index in [2.05, 4.69) is 26.6 Å². The van der Waals surface area contributed by atoms with Gasteiger partial charge in [0.25, 0.3) is 5.91 Å². The third kappa shape index (κ3) is 3.77. The number of methoxy groups -OCH3 is 2. The summed E-state index contributed by atoms with van der Waals surface area (Å²) in [7, 11) is 3.12. The lowest BCUT2D eigenvalue weighted by molar-refractivity contribution is 0.0939. The third-order valence-electron chi connectivity index (χ3n) is 3.10. The fourth-order valence-electron chi connectivity index (χ4n) is 2.05. The van der Waals surface area contributed by atoms with Crippen molar-refractivity contribution in [3.8, 4) is 11.5 Å². The zero-order valence-corrected chi connectivity index (χ0v) is 13.8. The van der Waals surface area contributed by atoms with Crippen molar-refractivity contribution in [3.63, 3.8) is 0 Å². The van der Waals surface area contributed by atoms with Crippen LogP contribution in [0, 0.1) is 0 Å². The van der Waals surface area contributed by atoms with Crippen molar-refractivity contribution in [2.24, 2.45) is 0 Å². The number of rotatable bonds is 4. The Labute approximate surface area is 132 Å². The summed E-state index contributed by atoms with van der Waals surface area (Å²) >= 11 is 3.38. The quantitative estimate of drug-likeness (QED) is 0.856. The number of carbonyl (C=O) groups excluding carboxylic acids is 1. The fraction of sp³-hybridized carbons (Fsp3) is 0.462. The van der Waals surface area contributed by atoms with Gasteiger partial charge in [0.15, 0.2) is 0 Å². The van der Waals surface area contributed by atoms with Crippen LogP contribution in [0.15, 0.2) is 16.6 Å². The molecule has 0 radical (unpaired) electrons. The van der Waals surface area contributed by atoms with Gasteiger partial charge in [0.2, 0.25) is 0 Å². The van der Waals surface area contributed by atoms with Gasteiger partial charge < -0.3 is 20.1 Å². The number of hydrogen-bond acceptors (Lipinski definition) is 4. The topological polar surface area (TPSA) is 59.6 Å². The summed E-state index contributed by atoms with van der Waals surface area (Å²) < 4.78 is 11.2. The molecule has 2 N–H and O–H groups in total. The van der Waals surface area contributed by atoms with E-state index in [0.717, 1.165) is 19.5 Å². The van der Waals surface area contributed by atoms with Crippen molar-refractivity contribution in [2.75, 3.05) is 27.3 Å². The molecule has 7 heteroatoms. The Bertz CT molecular complexity index is 454. The maximum atomic E-state index is 12.2. The van der Waals surface area contributed by atoms with Gasteiger partial charge >= 0.3 is 0 Å². The molecule has 0 aliphatic carbocycles. The summed E-state index contributed by atoms with van der Waals surface area (Å²) in [5, 5.41) is 6.20. The molecular weight excluding hydrogens is 348 g/mol. The molecule has 0 aromatic heterocycles. The van der Waals surface area contributed by atoms with Crippen LogP contribution in [0.25, 0.3) is 0 Å². The SMILES string of the molecule is COc1cc(C(=O)NC2CCNC2)cc(OC)c1Br.Cl. The van der Waals surface area contributed by atoms with Gasteiger partial charge in [-0.1, -0.05) is 0 Å². The average molecular weight is 366 g/mol. The molecule has 1 heterocycles. The highest BCUT2D eigenvalue weighted by molar-refractivity contribution is 9.10. The lowest BCUT2D eigenvalue weighted by atomic mass is 10.1. The van der Waals surface area contributed by atoms with Gasteiger partial charge in [-0.25, -0.2) is 0 Å². The van der Waals surface area contributed by atoms with Crippen LogP contribution in [0.3, 0.4) is 0 Å². The molecule has 1 atom stereocenters. The van der Waals surface area contributed by atoms with Crippen LogP contribution in [0.2, 0.25) is 0 Å². The Morgan fingerprint density at radius 3 is 2.40 bits per heavy atom. The van der Waals surface area contributed by atoms with Crippen molar-refractivity contribution in [2.45, 2.75) is 12.5 Å². The van der Waals surface area contributed by atoms with E-state index < -0.39 is 0 Å². The van der Waals surface area contributed by atoms with E-state index >= 15 is 0 Å². The van der Waals surface area contributed by atoms with Crippen LogP contribution >= 0.6 is 28.3 Å². The molecule has 2 rings (SSSR count). The standard InChI is InChI=1S/C13H17BrN2O3.ClH/c1-18-10-5-8(6-11(19-2)12(10)14)13(17)16-9-3-4-15-7-9;/h5-6,9,15H,3-4,7H2,1-2H3,(H,16,17);1H. The molecule has 1 aromatic carbocycles. The van der Waals surface area contributed by atoms with Gasteiger partial charge in [-0.05, 0) is 41.0 Å². The first kappa shape index (κ1) is 17.1. The summed E-state index contributed by atoms with van der Waals surface area (Å²) in [4.78, 5) is 12.2. The molecule has 1 saturated heterocycles. The Balaban J connectivity index is 0.00000200. The van der Waals surface area contributed by atoms with Crippen LogP contribution in [-0.2, 0) is 0 Å². The first-order valence-electron chi connectivity index (χ1n) is 6.08. The van der Waals surface area contributed by atoms with Gasteiger partial charge in [-0.15, -0.1) is 12.4 Å². The molecule has 1 fully saturated rings. The largest absolute Gasteiger partial charge is 0.495 e. The normalized spacial score (nSPS) is 17.2. The molecular formula is C13H18BrClN2O3. The zero-order chi connectivity index (χ0) is 13.8. The van der Waals surface area contributed by atoms with Crippen LogP contribution in [0.5, 0.6) is 11.5 Å². The Hall–Kier alpha value is -0.980. The highest BCUT2D eigenvalue weighted by Crippen LogP contribution is 2.35. The molecule has 0 saturated carbocycles. The highest BCUT2D eigenvalue weighted by Gasteiger charge is 2.19. The summed E-state index contributed by atoms with van der Waals surface area (Å²) in [5.74, 6) is 1.04. The van der Waals surface area contributed by atoms with E-state index in [1.165, 1.54) is 0 Å². The number of ether oxygens (including phenoxy) is 2. The average Bonchev–Trinajstić information content (AvgIpc) is 2.91. The van der Waals surface area contributed by atoms with Crippen LogP contribution in [0.1, 0.15) is 16.8 Å². The summed E-state index contributed by atoms with van der Waals surface area (Å²) in [6.45, 7) is 1.76. The second-order valence-electron chi connectivity index (χ2n) is 4.36. The number of amides is 1. The molecule has 1 unspecified atom stereocenters. The maximum absolute atomic E-state index is 12.2. The first-order valence-corrected chi connectivity index (χ1v) is 6.88. The van der Waals surface area contributed by atoms with E-state index in [4.69, 9.17) is 9.47 Å². The number of nitrogens with one attached hydrogen (secondary N) is 2. The second-order valence-corrected chi connectivity index (χ2v) is 5.15. The van der Waals surface area contributed by atoms with Crippen molar-refractivity contribution in [1.82, 2.24) is 10.6 Å². The summed E-state index contributed by atoms with van der Waals surface area (Å²) in [6, 6.07) is 3.59. The van der Waals surface area contributed by atoms with E-state index in [9.17, 15) is 4.79 Å². The molecule has 112 valence electrons. The van der Waals surface area contributed by atoms with E-state index in [1.807, 2.05) is 0 Å². The van der Waals surface area contributed by atoms with Gasteiger partial charge in [-0.2, -0.15) is 0 Å². The van der Waals surface area contributed by atoms with Crippen molar-refractivity contribution >= 4 is 34.2 Å². The number of carbonyl (C=O) groups is 1. The summed E-state index contributed by atoms with van der Waals surface area (Å²) in [6.07, 6.45) is 0.955. The van der Waals surface area contributed by atoms with E-state index in [1.54, 1.807) is 26.4 Å². The zero-order valence-electron chi connectivity index (χ0n) is 11.4. The maximum Gasteiger partial charge on any atom is 0.251 e. The minimum atomic E-state index is -0.113. The Kier molecular flexibility index (Phi) is 6.58. The number of halogens is 2. The number of benzene rings is 1. The predicted octanol–water partition coefficient (Wildman–Crippen LogP) is 1.98. The molecule has 1 amide bonds. The third-order valence-corrected chi connectivity index (χ3v) is 3.88. The van der Waals surface area contributed by atoms with Gasteiger partial charge in [0, 0.05) is 18.2 Å². The monoisotopic (exact) mass is 364 g/mol. The Morgan fingerprint density at radius 2 is 1.95 bits per heavy atom. The molecule has 1 aliphatic rings. The number of hydrogen-bond donors (Lipinski definition) is 2. The van der Waals surface area contributed by atoms with Gasteiger partial charge in [0.1, 0.15) is 16.0 Å². The van der Waals surface area contributed by atoms with Crippen LogP contribution in [-0.4, -0.2) is 39.3 Å². The molecule has 1 aliphatic heterocycles. The molecule has 5 nitrogen and oxygen atoms in total. The van der Waals surface area contributed by atoms with E-state index in [0.29, 0.717) is 21.5 Å². The van der Waals surface area contributed by atoms with Crippen LogP contribution in [0.4, 0.5) is 0 Å². The highest BCUT2D eigenvalue weighted by atomic mass is 79.9. The fourth-order valence-corrected chi connectivity index (χ4v) is 2.60. The van der Waals surface area contributed by atoms with Crippen LogP contribution < -0.4 is 20.1 Å². The minimum Gasteiger partial charge on any atom is -0.495 e. The smallest absolute Gasteiger partial charge is 0.251 e. The second kappa shape index (κ2) is 7.71. The first-order chi connectivity index (χ1) is 9.15. The Morgan fingerprint density at radius 1 is 1.35 bits per heavy atom. The predicted molar refractivity (Wildman–Crippen MR) is 83.2 cm³/mol. The van der Waals surface area contributed by atoms with E-state index in [-0.39, 0.29) is 24.4 Å². The van der Waals surface area contributed by atoms with Crippen molar-refractivity contribution in [1.29, 1.82) is 0 Å². The lowest BCUT2D eigenvalue weighted by Crippen LogP contribution is -2.36. The molecule has 20 heavy (non-hydrogen) atoms. The van der Waals surface area contributed by atoms with Gasteiger partial charge in [-0.3, -0.25) is 4.79 Å². The van der Waals surface area contributed by atoms with Crippen molar-refractivity contribution < 1.29 is 14.3 Å². The molecule has 1 aromatic rings. The van der Waals surface area contributed by atoms with Crippen molar-refractivity contribution in [3.05, 3.63) is 22.2 Å². The molecule has 0 bridgehead atoms. The van der Waals surface area contributed by atoms with Gasteiger partial charge in [0.05, 0.1) is 14.2 Å². The molecule has 0 spiro atoms. The minimum absolute atomic E-state index is 0. The lowest BCUT2D eigenvalue weighted by Gasteiger charge is -2.14. The summed E-state index contributed by atoms with van der Waals surface area (Å²) in [5.41, 5.74) is 0.531.